The van der Waals surface area contributed by atoms with Gasteiger partial charge in [0.2, 0.25) is 5.82 Å². The summed E-state index contributed by atoms with van der Waals surface area (Å²) in [7, 11) is 0. The van der Waals surface area contributed by atoms with Crippen LogP contribution in [0.4, 0.5) is 5.82 Å². The van der Waals surface area contributed by atoms with Crippen molar-refractivity contribution in [3.63, 3.8) is 0 Å². The van der Waals surface area contributed by atoms with Crippen molar-refractivity contribution in [3.8, 4) is 0 Å². The number of nitrogens with zero attached hydrogens (tertiary/aromatic N) is 1. The molecule has 0 aliphatic carbocycles. The third-order valence-electron chi connectivity index (χ3n) is 2.04. The Labute approximate surface area is 80.8 Å². The second-order valence-electron chi connectivity index (χ2n) is 3.01. The molecule has 0 saturated heterocycles. The maximum atomic E-state index is 11.2. The molecule has 1 rings (SSSR count). The van der Waals surface area contributed by atoms with Crippen LogP contribution >= 0.6 is 0 Å². The van der Waals surface area contributed by atoms with Gasteiger partial charge in [-0.15, -0.1) is 5.10 Å². The van der Waals surface area contributed by atoms with E-state index in [-0.39, 0.29) is 11.9 Å². The first-order valence-corrected chi connectivity index (χ1v) is 4.62. The summed E-state index contributed by atoms with van der Waals surface area (Å²) < 4.78 is 0. The minimum Gasteiger partial charge on any atom is -0.361 e. The lowest BCUT2D eigenvalue weighted by molar-refractivity contribution is 0.662. The van der Waals surface area contributed by atoms with Gasteiger partial charge in [-0.2, -0.15) is 0 Å². The van der Waals surface area contributed by atoms with Crippen molar-refractivity contribution in [2.75, 3.05) is 5.32 Å². The van der Waals surface area contributed by atoms with E-state index in [9.17, 15) is 9.59 Å². The molecule has 0 spiro atoms. The molecule has 0 radical (unpaired) electrons. The van der Waals surface area contributed by atoms with Gasteiger partial charge in [0.05, 0.1) is 0 Å². The molecule has 3 N–H and O–H groups in total. The molecular formula is C8H14N4O2. The first-order valence-electron chi connectivity index (χ1n) is 4.62. The number of hydrogen-bond acceptors (Lipinski definition) is 4. The normalized spacial score (nSPS) is 10.5. The molecule has 0 saturated carbocycles. The van der Waals surface area contributed by atoms with Gasteiger partial charge >= 0.3 is 5.69 Å². The van der Waals surface area contributed by atoms with Crippen molar-refractivity contribution in [3.05, 3.63) is 20.8 Å². The number of nitrogens with one attached hydrogen (secondary N) is 3. The molecule has 6 heteroatoms. The summed E-state index contributed by atoms with van der Waals surface area (Å²) in [4.78, 5) is 24.0. The van der Waals surface area contributed by atoms with Gasteiger partial charge in [0.15, 0.2) is 0 Å². The Bertz CT molecular complexity index is 391. The Morgan fingerprint density at radius 1 is 1.36 bits per heavy atom. The van der Waals surface area contributed by atoms with Gasteiger partial charge < -0.3 is 5.32 Å². The number of aromatic amines is 2. The molecule has 1 heterocycles. The fraction of sp³-hybridized carbons (Fsp3) is 0.625. The first kappa shape index (κ1) is 10.5. The summed E-state index contributed by atoms with van der Waals surface area (Å²) in [5.74, 6) is 0.165. The van der Waals surface area contributed by atoms with Crippen LogP contribution in [0.3, 0.4) is 0 Å². The third-order valence-corrected chi connectivity index (χ3v) is 2.04. The molecule has 1 aromatic rings. The van der Waals surface area contributed by atoms with Gasteiger partial charge in [0, 0.05) is 6.04 Å². The SMILES string of the molecule is CCC(CC)Nc1n[nH]c(=O)[nH]c1=O. The van der Waals surface area contributed by atoms with E-state index in [0.717, 1.165) is 12.8 Å². The topological polar surface area (TPSA) is 90.6 Å². The van der Waals surface area contributed by atoms with Crippen LogP contribution in [0.1, 0.15) is 26.7 Å². The molecule has 0 amide bonds. The van der Waals surface area contributed by atoms with Gasteiger partial charge in [-0.05, 0) is 12.8 Å². The van der Waals surface area contributed by atoms with Gasteiger partial charge in [-0.25, -0.2) is 9.89 Å². The predicted molar refractivity (Wildman–Crippen MR) is 53.5 cm³/mol. The van der Waals surface area contributed by atoms with Crippen LogP contribution in [-0.2, 0) is 0 Å². The average Bonchev–Trinajstić information content (AvgIpc) is 2.17. The van der Waals surface area contributed by atoms with E-state index in [0.29, 0.717) is 0 Å². The number of rotatable bonds is 4. The highest BCUT2D eigenvalue weighted by Gasteiger charge is 2.07. The number of anilines is 1. The Morgan fingerprint density at radius 2 is 2.00 bits per heavy atom. The fourth-order valence-corrected chi connectivity index (χ4v) is 1.13. The van der Waals surface area contributed by atoms with Crippen LogP contribution in [0.5, 0.6) is 0 Å². The average molecular weight is 198 g/mol. The summed E-state index contributed by atoms with van der Waals surface area (Å²) in [6.07, 6.45) is 1.80. The summed E-state index contributed by atoms with van der Waals surface area (Å²) >= 11 is 0. The molecule has 0 aliphatic rings. The highest BCUT2D eigenvalue weighted by atomic mass is 16.2. The number of aromatic nitrogens is 3. The van der Waals surface area contributed by atoms with Crippen LogP contribution in [-0.4, -0.2) is 21.2 Å². The summed E-state index contributed by atoms with van der Waals surface area (Å²) in [6, 6.07) is 0.203. The Hall–Kier alpha value is -1.59. The number of hydrogen-bond donors (Lipinski definition) is 3. The summed E-state index contributed by atoms with van der Waals surface area (Å²) in [5, 5.41) is 8.74. The summed E-state index contributed by atoms with van der Waals surface area (Å²) in [6.45, 7) is 4.03. The van der Waals surface area contributed by atoms with Crippen molar-refractivity contribution in [2.45, 2.75) is 32.7 Å². The minimum atomic E-state index is -0.593. The second kappa shape index (κ2) is 4.59. The van der Waals surface area contributed by atoms with E-state index in [1.165, 1.54) is 0 Å². The van der Waals surface area contributed by atoms with Crippen LogP contribution in [0.2, 0.25) is 0 Å². The molecule has 0 aromatic carbocycles. The van der Waals surface area contributed by atoms with Crippen LogP contribution in [0.15, 0.2) is 9.59 Å². The van der Waals surface area contributed by atoms with Crippen molar-refractivity contribution in [2.24, 2.45) is 0 Å². The molecule has 0 fully saturated rings. The second-order valence-corrected chi connectivity index (χ2v) is 3.01. The predicted octanol–water partition coefficient (Wildman–Crippen LogP) is 0.0587. The molecular weight excluding hydrogens is 184 g/mol. The molecule has 1 aromatic heterocycles. The molecule has 78 valence electrons. The standard InChI is InChI=1S/C8H14N4O2/c1-3-5(4-2)9-6-7(13)10-8(14)12-11-6/h5H,3-4H2,1-2H3,(H,9,11)(H2,10,12,13,14). The maximum Gasteiger partial charge on any atom is 0.342 e. The molecule has 0 aliphatic heterocycles. The Kier molecular flexibility index (Phi) is 3.44. The van der Waals surface area contributed by atoms with Gasteiger partial charge in [-0.3, -0.25) is 9.78 Å². The lowest BCUT2D eigenvalue weighted by Crippen LogP contribution is -2.30. The maximum absolute atomic E-state index is 11.2. The van der Waals surface area contributed by atoms with Crippen LogP contribution < -0.4 is 16.6 Å². The van der Waals surface area contributed by atoms with Gasteiger partial charge in [0.1, 0.15) is 0 Å². The minimum absolute atomic E-state index is 0.165. The smallest absolute Gasteiger partial charge is 0.342 e. The Morgan fingerprint density at radius 3 is 2.50 bits per heavy atom. The van der Waals surface area contributed by atoms with E-state index in [2.05, 4.69) is 20.5 Å². The van der Waals surface area contributed by atoms with E-state index >= 15 is 0 Å². The number of H-pyrrole nitrogens is 2. The van der Waals surface area contributed by atoms with E-state index < -0.39 is 11.2 Å². The van der Waals surface area contributed by atoms with Crippen molar-refractivity contribution >= 4 is 5.82 Å². The lowest BCUT2D eigenvalue weighted by Gasteiger charge is -2.13. The van der Waals surface area contributed by atoms with Crippen molar-refractivity contribution in [1.29, 1.82) is 0 Å². The van der Waals surface area contributed by atoms with E-state index in [4.69, 9.17) is 0 Å². The first-order chi connectivity index (χ1) is 6.67. The fourth-order valence-electron chi connectivity index (χ4n) is 1.13. The Balaban J connectivity index is 2.86. The zero-order chi connectivity index (χ0) is 10.6. The molecule has 0 bridgehead atoms. The quantitative estimate of drug-likeness (QED) is 0.638. The summed E-state index contributed by atoms with van der Waals surface area (Å²) in [5.41, 5.74) is -1.08. The zero-order valence-corrected chi connectivity index (χ0v) is 8.26. The molecule has 6 nitrogen and oxygen atoms in total. The van der Waals surface area contributed by atoms with Crippen molar-refractivity contribution in [1.82, 2.24) is 15.2 Å². The highest BCUT2D eigenvalue weighted by molar-refractivity contribution is 5.30. The third kappa shape index (κ3) is 2.45. The monoisotopic (exact) mass is 198 g/mol. The van der Waals surface area contributed by atoms with Crippen molar-refractivity contribution < 1.29 is 0 Å². The van der Waals surface area contributed by atoms with Gasteiger partial charge in [-0.1, -0.05) is 13.8 Å². The van der Waals surface area contributed by atoms with E-state index in [1.807, 2.05) is 13.8 Å². The molecule has 0 atom stereocenters. The highest BCUT2D eigenvalue weighted by Crippen LogP contribution is 2.01. The largest absolute Gasteiger partial charge is 0.361 e. The zero-order valence-electron chi connectivity index (χ0n) is 8.26. The van der Waals surface area contributed by atoms with Crippen LogP contribution in [0.25, 0.3) is 0 Å². The lowest BCUT2D eigenvalue weighted by atomic mass is 10.2. The van der Waals surface area contributed by atoms with E-state index in [1.54, 1.807) is 0 Å². The molecule has 14 heavy (non-hydrogen) atoms. The molecule has 0 unspecified atom stereocenters. The van der Waals surface area contributed by atoms with Gasteiger partial charge in [0.25, 0.3) is 5.56 Å². The van der Waals surface area contributed by atoms with Crippen LogP contribution in [0, 0.1) is 0 Å².